The quantitative estimate of drug-likeness (QED) is 0.391. The summed E-state index contributed by atoms with van der Waals surface area (Å²) in [7, 11) is 0. The first-order chi connectivity index (χ1) is 14.6. The summed E-state index contributed by atoms with van der Waals surface area (Å²) in [6, 6.07) is 25.0. The molecule has 0 saturated carbocycles. The lowest BCUT2D eigenvalue weighted by atomic mass is 10.2. The molecule has 1 heterocycles. The van der Waals surface area contributed by atoms with E-state index in [1.807, 2.05) is 78.9 Å². The zero-order valence-electron chi connectivity index (χ0n) is 16.0. The number of ether oxygens (including phenoxy) is 1. The van der Waals surface area contributed by atoms with E-state index in [-0.39, 0.29) is 17.7 Å². The third kappa shape index (κ3) is 5.01. The van der Waals surface area contributed by atoms with Crippen molar-refractivity contribution in [3.05, 3.63) is 105 Å². The van der Waals surface area contributed by atoms with Gasteiger partial charge < -0.3 is 4.74 Å². The average molecular weight is 480 g/mol. The Morgan fingerprint density at radius 2 is 1.57 bits per heavy atom. The summed E-state index contributed by atoms with van der Waals surface area (Å²) in [5.41, 5.74) is 2.85. The van der Waals surface area contributed by atoms with Gasteiger partial charge >= 0.3 is 0 Å². The molecule has 0 atom stereocenters. The molecule has 1 aliphatic heterocycles. The van der Waals surface area contributed by atoms with Gasteiger partial charge in [0.2, 0.25) is 0 Å². The van der Waals surface area contributed by atoms with Crippen LogP contribution in [0.1, 0.15) is 16.7 Å². The number of rotatable bonds is 6. The van der Waals surface area contributed by atoms with Gasteiger partial charge in [-0.15, -0.1) is 0 Å². The van der Waals surface area contributed by atoms with E-state index < -0.39 is 0 Å². The summed E-state index contributed by atoms with van der Waals surface area (Å²) >= 11 is 4.35. The molecule has 6 heteroatoms. The number of amides is 2. The topological polar surface area (TPSA) is 46.6 Å². The fourth-order valence-electron chi connectivity index (χ4n) is 2.96. The highest BCUT2D eigenvalue weighted by Gasteiger charge is 2.34. The Bertz CT molecular complexity index is 1080. The highest BCUT2D eigenvalue weighted by atomic mass is 79.9. The highest BCUT2D eigenvalue weighted by molar-refractivity contribution is 9.10. The molecular formula is C24H18BrNO3S. The third-order valence-corrected chi connectivity index (χ3v) is 5.99. The zero-order valence-corrected chi connectivity index (χ0v) is 18.4. The molecule has 0 unspecified atom stereocenters. The van der Waals surface area contributed by atoms with E-state index in [2.05, 4.69) is 15.9 Å². The monoisotopic (exact) mass is 479 g/mol. The van der Waals surface area contributed by atoms with Crippen molar-refractivity contribution in [1.82, 2.24) is 4.90 Å². The number of halogens is 1. The Morgan fingerprint density at radius 3 is 2.27 bits per heavy atom. The van der Waals surface area contributed by atoms with Crippen LogP contribution in [0.5, 0.6) is 5.75 Å². The summed E-state index contributed by atoms with van der Waals surface area (Å²) in [5.74, 6) is 0.483. The Labute approximate surface area is 187 Å². The van der Waals surface area contributed by atoms with Crippen molar-refractivity contribution in [1.29, 1.82) is 0 Å². The number of imide groups is 1. The molecule has 2 amide bonds. The van der Waals surface area contributed by atoms with Crippen molar-refractivity contribution in [2.45, 2.75) is 13.2 Å². The molecule has 1 saturated heterocycles. The van der Waals surface area contributed by atoms with E-state index in [0.717, 1.165) is 38.7 Å². The lowest BCUT2D eigenvalue weighted by Gasteiger charge is -2.12. The van der Waals surface area contributed by atoms with Gasteiger partial charge in [0.1, 0.15) is 12.4 Å². The predicted octanol–water partition coefficient (Wildman–Crippen LogP) is 6.26. The van der Waals surface area contributed by atoms with Crippen LogP contribution in [-0.2, 0) is 17.9 Å². The number of carbonyl (C=O) groups is 2. The van der Waals surface area contributed by atoms with Gasteiger partial charge in [0.15, 0.2) is 0 Å². The van der Waals surface area contributed by atoms with Gasteiger partial charge in [-0.1, -0.05) is 70.5 Å². The molecule has 4 rings (SSSR count). The van der Waals surface area contributed by atoms with Crippen molar-refractivity contribution in [3.8, 4) is 5.75 Å². The number of thioether (sulfide) groups is 1. The van der Waals surface area contributed by atoms with Crippen LogP contribution in [0.4, 0.5) is 4.79 Å². The van der Waals surface area contributed by atoms with E-state index >= 15 is 0 Å². The summed E-state index contributed by atoms with van der Waals surface area (Å²) < 4.78 is 6.74. The largest absolute Gasteiger partial charge is 0.489 e. The van der Waals surface area contributed by atoms with Crippen molar-refractivity contribution in [2.75, 3.05) is 0 Å². The summed E-state index contributed by atoms with van der Waals surface area (Å²) in [4.78, 5) is 26.7. The minimum atomic E-state index is -0.266. The first-order valence-corrected chi connectivity index (χ1v) is 11.0. The second-order valence-electron chi connectivity index (χ2n) is 6.74. The van der Waals surface area contributed by atoms with Crippen molar-refractivity contribution < 1.29 is 14.3 Å². The van der Waals surface area contributed by atoms with E-state index in [9.17, 15) is 9.59 Å². The van der Waals surface area contributed by atoms with E-state index in [0.29, 0.717) is 11.5 Å². The molecule has 3 aromatic carbocycles. The van der Waals surface area contributed by atoms with Gasteiger partial charge in [0, 0.05) is 4.47 Å². The van der Waals surface area contributed by atoms with Crippen LogP contribution in [0.15, 0.2) is 88.2 Å². The lowest BCUT2D eigenvalue weighted by molar-refractivity contribution is -0.123. The maximum atomic E-state index is 12.7. The summed E-state index contributed by atoms with van der Waals surface area (Å²) in [5, 5.41) is -0.253. The number of hydrogen-bond donors (Lipinski definition) is 0. The van der Waals surface area contributed by atoms with Crippen molar-refractivity contribution in [2.24, 2.45) is 0 Å². The van der Waals surface area contributed by atoms with Crippen LogP contribution in [0.25, 0.3) is 6.08 Å². The van der Waals surface area contributed by atoms with E-state index in [1.54, 1.807) is 6.08 Å². The van der Waals surface area contributed by atoms with Crippen LogP contribution in [0, 0.1) is 0 Å². The molecule has 3 aromatic rings. The molecule has 0 bridgehead atoms. The van der Waals surface area contributed by atoms with Crippen LogP contribution in [-0.4, -0.2) is 16.0 Å². The van der Waals surface area contributed by atoms with Gasteiger partial charge in [0.25, 0.3) is 11.1 Å². The highest BCUT2D eigenvalue weighted by Crippen LogP contribution is 2.33. The Morgan fingerprint density at radius 1 is 0.867 bits per heavy atom. The second kappa shape index (κ2) is 9.32. The molecule has 0 spiro atoms. The van der Waals surface area contributed by atoms with Gasteiger partial charge in [-0.05, 0) is 58.8 Å². The lowest BCUT2D eigenvalue weighted by Crippen LogP contribution is -2.27. The van der Waals surface area contributed by atoms with Crippen LogP contribution >= 0.6 is 27.7 Å². The normalized spacial score (nSPS) is 15.1. The fraction of sp³-hybridized carbons (Fsp3) is 0.0833. The van der Waals surface area contributed by atoms with E-state index in [4.69, 9.17) is 4.74 Å². The minimum absolute atomic E-state index is 0.253. The molecule has 0 aliphatic carbocycles. The molecule has 1 aliphatic rings. The maximum Gasteiger partial charge on any atom is 0.293 e. The van der Waals surface area contributed by atoms with Gasteiger partial charge in [0.05, 0.1) is 11.4 Å². The van der Waals surface area contributed by atoms with Gasteiger partial charge in [-0.25, -0.2) is 0 Å². The van der Waals surface area contributed by atoms with Crippen molar-refractivity contribution >= 4 is 44.9 Å². The van der Waals surface area contributed by atoms with Crippen LogP contribution in [0.2, 0.25) is 0 Å². The molecule has 1 fully saturated rings. The molecule has 0 N–H and O–H groups in total. The van der Waals surface area contributed by atoms with Crippen LogP contribution < -0.4 is 4.74 Å². The molecule has 0 radical (unpaired) electrons. The first-order valence-electron chi connectivity index (χ1n) is 9.35. The number of carbonyl (C=O) groups excluding carboxylic acids is 2. The van der Waals surface area contributed by atoms with Crippen LogP contribution in [0.3, 0.4) is 0 Å². The standard InChI is InChI=1S/C24H18BrNO3S/c25-20-10-6-18(7-11-20)15-26-23(27)22(30-24(26)28)14-17-8-12-21(13-9-17)29-16-19-4-2-1-3-5-19/h1-14H,15-16H2/b22-14-. The SMILES string of the molecule is O=C1S/C(=C\c2ccc(OCc3ccccc3)cc2)C(=O)N1Cc1ccc(Br)cc1. The Balaban J connectivity index is 1.41. The Kier molecular flexibility index (Phi) is 6.35. The summed E-state index contributed by atoms with van der Waals surface area (Å²) in [6.07, 6.45) is 1.74. The predicted molar refractivity (Wildman–Crippen MR) is 123 cm³/mol. The minimum Gasteiger partial charge on any atom is -0.489 e. The second-order valence-corrected chi connectivity index (χ2v) is 8.65. The maximum absolute atomic E-state index is 12.7. The van der Waals surface area contributed by atoms with E-state index in [1.165, 1.54) is 4.90 Å². The summed E-state index contributed by atoms with van der Waals surface area (Å²) in [6.45, 7) is 0.761. The van der Waals surface area contributed by atoms with Gasteiger partial charge in [-0.2, -0.15) is 0 Å². The Hall–Kier alpha value is -2.83. The number of benzene rings is 3. The zero-order chi connectivity index (χ0) is 20.9. The molecule has 30 heavy (non-hydrogen) atoms. The first kappa shape index (κ1) is 20.4. The third-order valence-electron chi connectivity index (χ3n) is 4.55. The molecule has 4 nitrogen and oxygen atoms in total. The average Bonchev–Trinajstić information content (AvgIpc) is 3.03. The number of hydrogen-bond acceptors (Lipinski definition) is 4. The smallest absolute Gasteiger partial charge is 0.293 e. The molecule has 0 aromatic heterocycles. The fourth-order valence-corrected chi connectivity index (χ4v) is 4.06. The molecular weight excluding hydrogens is 462 g/mol. The number of nitrogens with zero attached hydrogens (tertiary/aromatic N) is 1. The molecule has 150 valence electrons. The van der Waals surface area contributed by atoms with Crippen molar-refractivity contribution in [3.63, 3.8) is 0 Å². The van der Waals surface area contributed by atoms with Gasteiger partial charge in [-0.3, -0.25) is 14.5 Å².